The highest BCUT2D eigenvalue weighted by atomic mass is 16.5. The van der Waals surface area contributed by atoms with E-state index in [-0.39, 0.29) is 0 Å². The van der Waals surface area contributed by atoms with Gasteiger partial charge in [-0.05, 0) is 82.6 Å². The topological polar surface area (TPSA) is 18.5 Å². The maximum atomic E-state index is 5.28. The van der Waals surface area contributed by atoms with Crippen LogP contribution in [0.1, 0.15) is 128 Å². The Bertz CT molecular complexity index is 1220. The second kappa shape index (κ2) is 21.7. The van der Waals surface area contributed by atoms with Crippen LogP contribution in [0.5, 0.6) is 11.5 Å². The van der Waals surface area contributed by atoms with Crippen molar-refractivity contribution in [3.8, 4) is 11.5 Å². The molecule has 0 radical (unpaired) electrons. The fourth-order valence-electron chi connectivity index (χ4n) is 6.04. The Hall–Kier alpha value is -3.00. The summed E-state index contributed by atoms with van der Waals surface area (Å²) in [5, 5.41) is 5.16. The second-order valence-electron chi connectivity index (χ2n) is 12.5. The largest absolute Gasteiger partial charge is 0.497 e. The highest BCUT2D eigenvalue weighted by Crippen LogP contribution is 2.24. The predicted octanol–water partition coefficient (Wildman–Crippen LogP) is 13.1. The van der Waals surface area contributed by atoms with Crippen LogP contribution in [0.25, 0.3) is 21.5 Å². The minimum atomic E-state index is 0.934. The SMILES string of the molecule is CCCCCCCCCCc1ccc2cc(OC)ccc2c1.CCCCCCCCCCc1ccc2cc(OC)ccc2c1. The molecule has 0 saturated carbocycles. The summed E-state index contributed by atoms with van der Waals surface area (Å²) < 4.78 is 10.6. The first kappa shape index (κ1) is 35.5. The highest BCUT2D eigenvalue weighted by molar-refractivity contribution is 5.85. The van der Waals surface area contributed by atoms with Crippen molar-refractivity contribution in [1.82, 2.24) is 0 Å². The fraction of sp³-hybridized carbons (Fsp3) is 0.524. The number of fused-ring (bicyclic) bond motifs is 2. The van der Waals surface area contributed by atoms with E-state index in [9.17, 15) is 0 Å². The first-order valence-electron chi connectivity index (χ1n) is 17.8. The number of benzene rings is 4. The Labute approximate surface area is 269 Å². The Kier molecular flexibility index (Phi) is 17.5. The predicted molar refractivity (Wildman–Crippen MR) is 194 cm³/mol. The molecule has 0 aliphatic rings. The van der Waals surface area contributed by atoms with Gasteiger partial charge in [0.2, 0.25) is 0 Å². The Balaban J connectivity index is 0.000000240. The summed E-state index contributed by atoms with van der Waals surface area (Å²) in [6.45, 7) is 4.55. The lowest BCUT2D eigenvalue weighted by Crippen LogP contribution is -1.88. The first-order chi connectivity index (χ1) is 21.7. The molecule has 4 rings (SSSR count). The zero-order chi connectivity index (χ0) is 31.2. The zero-order valence-corrected chi connectivity index (χ0v) is 28.5. The Morgan fingerprint density at radius 2 is 0.682 bits per heavy atom. The zero-order valence-electron chi connectivity index (χ0n) is 28.5. The second-order valence-corrected chi connectivity index (χ2v) is 12.5. The van der Waals surface area contributed by atoms with Crippen LogP contribution in [0.4, 0.5) is 0 Å². The van der Waals surface area contributed by atoms with Crippen LogP contribution in [0.15, 0.2) is 72.8 Å². The van der Waals surface area contributed by atoms with Gasteiger partial charge in [-0.15, -0.1) is 0 Å². The van der Waals surface area contributed by atoms with Crippen LogP contribution >= 0.6 is 0 Å². The molecule has 240 valence electrons. The van der Waals surface area contributed by atoms with E-state index in [1.54, 1.807) is 14.2 Å². The van der Waals surface area contributed by atoms with Gasteiger partial charge >= 0.3 is 0 Å². The van der Waals surface area contributed by atoms with Gasteiger partial charge in [0, 0.05) is 0 Å². The van der Waals surface area contributed by atoms with Crippen molar-refractivity contribution in [2.75, 3.05) is 14.2 Å². The van der Waals surface area contributed by atoms with E-state index in [0.29, 0.717) is 0 Å². The average molecular weight is 597 g/mol. The lowest BCUT2D eigenvalue weighted by Gasteiger charge is -2.06. The summed E-state index contributed by atoms with van der Waals surface area (Å²) in [5.74, 6) is 1.87. The lowest BCUT2D eigenvalue weighted by molar-refractivity contribution is 0.415. The maximum Gasteiger partial charge on any atom is 0.119 e. The van der Waals surface area contributed by atoms with Crippen LogP contribution in [0.3, 0.4) is 0 Å². The molecule has 0 aliphatic carbocycles. The molecule has 0 fully saturated rings. The van der Waals surface area contributed by atoms with Crippen LogP contribution in [-0.4, -0.2) is 14.2 Å². The third-order valence-electron chi connectivity index (χ3n) is 8.86. The lowest BCUT2D eigenvalue weighted by atomic mass is 10.0. The molecule has 0 aliphatic heterocycles. The average Bonchev–Trinajstić information content (AvgIpc) is 3.06. The molecular formula is C42H60O2. The molecular weight excluding hydrogens is 536 g/mol. The normalized spacial score (nSPS) is 11.0. The van der Waals surface area contributed by atoms with Gasteiger partial charge in [0.25, 0.3) is 0 Å². The first-order valence-corrected chi connectivity index (χ1v) is 17.8. The third-order valence-corrected chi connectivity index (χ3v) is 8.86. The number of hydrogen-bond donors (Lipinski definition) is 0. The molecule has 0 N–H and O–H groups in total. The van der Waals surface area contributed by atoms with Crippen molar-refractivity contribution in [2.24, 2.45) is 0 Å². The Morgan fingerprint density at radius 1 is 0.364 bits per heavy atom. The summed E-state index contributed by atoms with van der Waals surface area (Å²) in [4.78, 5) is 0. The number of methoxy groups -OCH3 is 2. The summed E-state index contributed by atoms with van der Waals surface area (Å²) in [7, 11) is 3.44. The van der Waals surface area contributed by atoms with Crippen LogP contribution in [-0.2, 0) is 12.8 Å². The van der Waals surface area contributed by atoms with Crippen LogP contribution < -0.4 is 9.47 Å². The van der Waals surface area contributed by atoms with E-state index in [2.05, 4.69) is 74.5 Å². The number of rotatable bonds is 20. The minimum absolute atomic E-state index is 0.934. The number of ether oxygens (including phenoxy) is 2. The molecule has 0 spiro atoms. The van der Waals surface area contributed by atoms with Crippen molar-refractivity contribution in [1.29, 1.82) is 0 Å². The smallest absolute Gasteiger partial charge is 0.119 e. The van der Waals surface area contributed by atoms with Crippen molar-refractivity contribution in [2.45, 2.75) is 129 Å². The molecule has 0 amide bonds. The summed E-state index contributed by atoms with van der Waals surface area (Å²) >= 11 is 0. The summed E-state index contributed by atoms with van der Waals surface area (Å²) in [6.07, 6.45) is 24.6. The van der Waals surface area contributed by atoms with Crippen LogP contribution in [0.2, 0.25) is 0 Å². The molecule has 0 heterocycles. The third kappa shape index (κ3) is 13.3. The van der Waals surface area contributed by atoms with E-state index in [1.165, 1.54) is 148 Å². The minimum Gasteiger partial charge on any atom is -0.497 e. The van der Waals surface area contributed by atoms with Gasteiger partial charge in [0.1, 0.15) is 11.5 Å². The molecule has 0 bridgehead atoms. The molecule has 0 atom stereocenters. The van der Waals surface area contributed by atoms with E-state index < -0.39 is 0 Å². The van der Waals surface area contributed by atoms with Gasteiger partial charge in [-0.3, -0.25) is 0 Å². The van der Waals surface area contributed by atoms with E-state index in [0.717, 1.165) is 11.5 Å². The van der Waals surface area contributed by atoms with Crippen molar-refractivity contribution in [3.05, 3.63) is 83.9 Å². The monoisotopic (exact) mass is 596 g/mol. The maximum absolute atomic E-state index is 5.28. The molecule has 0 unspecified atom stereocenters. The number of aryl methyl sites for hydroxylation is 2. The molecule has 0 saturated heterocycles. The fourth-order valence-corrected chi connectivity index (χ4v) is 6.04. The van der Waals surface area contributed by atoms with Gasteiger partial charge in [-0.2, -0.15) is 0 Å². The van der Waals surface area contributed by atoms with Crippen molar-refractivity contribution < 1.29 is 9.47 Å². The molecule has 0 aromatic heterocycles. The quantitative estimate of drug-likeness (QED) is 0.0945. The molecule has 4 aromatic carbocycles. The van der Waals surface area contributed by atoms with Crippen LogP contribution in [0, 0.1) is 0 Å². The van der Waals surface area contributed by atoms with Gasteiger partial charge < -0.3 is 9.47 Å². The standard InChI is InChI=1S/2C21H30O/c2*1-3-4-5-6-7-8-9-10-11-18-12-13-20-17-21(22-2)15-14-19(20)16-18/h2*12-17H,3-11H2,1-2H3. The van der Waals surface area contributed by atoms with E-state index in [4.69, 9.17) is 9.47 Å². The molecule has 4 aromatic rings. The number of unbranched alkanes of at least 4 members (excludes halogenated alkanes) is 14. The van der Waals surface area contributed by atoms with Crippen molar-refractivity contribution >= 4 is 21.5 Å². The molecule has 2 nitrogen and oxygen atoms in total. The van der Waals surface area contributed by atoms with Gasteiger partial charge in [-0.25, -0.2) is 0 Å². The van der Waals surface area contributed by atoms with E-state index >= 15 is 0 Å². The van der Waals surface area contributed by atoms with Gasteiger partial charge in [0.15, 0.2) is 0 Å². The summed E-state index contributed by atoms with van der Waals surface area (Å²) in [5.41, 5.74) is 2.92. The highest BCUT2D eigenvalue weighted by Gasteiger charge is 2.01. The van der Waals surface area contributed by atoms with Gasteiger partial charge in [-0.1, -0.05) is 152 Å². The number of hydrogen-bond acceptors (Lipinski definition) is 2. The molecule has 44 heavy (non-hydrogen) atoms. The van der Waals surface area contributed by atoms with Gasteiger partial charge in [0.05, 0.1) is 14.2 Å². The molecule has 2 heteroatoms. The van der Waals surface area contributed by atoms with E-state index in [1.807, 2.05) is 12.1 Å². The van der Waals surface area contributed by atoms with Crippen molar-refractivity contribution in [3.63, 3.8) is 0 Å². The summed E-state index contributed by atoms with van der Waals surface area (Å²) in [6, 6.07) is 26.3. The Morgan fingerprint density at radius 3 is 1.05 bits per heavy atom.